The molecule has 1 aromatic rings. The Morgan fingerprint density at radius 2 is 2.06 bits per heavy atom. The number of nitrogens with one attached hydrogen (secondary N) is 1. The molecule has 0 atom stereocenters. The molecule has 0 spiro atoms. The maximum Gasteiger partial charge on any atom is 0.335 e. The fraction of sp³-hybridized carbons (Fsp3) is 0.273. The Morgan fingerprint density at radius 3 is 2.59 bits per heavy atom. The zero-order valence-corrected chi connectivity index (χ0v) is 11.1. The van der Waals surface area contributed by atoms with Gasteiger partial charge in [-0.25, -0.2) is 4.79 Å². The second-order valence-corrected chi connectivity index (χ2v) is 4.64. The van der Waals surface area contributed by atoms with E-state index in [1.165, 1.54) is 12.1 Å². The minimum absolute atomic E-state index is 0.133. The standard InChI is InChI=1S/C11H13BrN2O3/c1-14(2)6-10(15)13-9-5-7(11(16)17)3-4-8(9)12/h3-5H,6H2,1-2H3,(H,13,15)(H,16,17). The first-order valence-corrected chi connectivity index (χ1v) is 5.67. The molecule has 0 aromatic heterocycles. The number of carbonyl (C=O) groups excluding carboxylic acids is 1. The fourth-order valence-electron chi connectivity index (χ4n) is 1.23. The summed E-state index contributed by atoms with van der Waals surface area (Å²) in [6, 6.07) is 4.47. The van der Waals surface area contributed by atoms with Crippen LogP contribution < -0.4 is 5.32 Å². The Balaban J connectivity index is 2.86. The van der Waals surface area contributed by atoms with E-state index >= 15 is 0 Å². The van der Waals surface area contributed by atoms with E-state index in [2.05, 4.69) is 21.2 Å². The number of aromatic carboxylic acids is 1. The zero-order chi connectivity index (χ0) is 13.0. The summed E-state index contributed by atoms with van der Waals surface area (Å²) in [5.74, 6) is -1.22. The molecule has 0 radical (unpaired) electrons. The Kier molecular flexibility index (Phi) is 4.65. The lowest BCUT2D eigenvalue weighted by Crippen LogP contribution is -2.27. The van der Waals surface area contributed by atoms with Crippen LogP contribution >= 0.6 is 15.9 Å². The predicted octanol–water partition coefficient (Wildman–Crippen LogP) is 1.65. The van der Waals surface area contributed by atoms with Gasteiger partial charge in [0.15, 0.2) is 0 Å². The molecule has 92 valence electrons. The lowest BCUT2D eigenvalue weighted by molar-refractivity contribution is -0.116. The van der Waals surface area contributed by atoms with Gasteiger partial charge in [0.1, 0.15) is 0 Å². The molecule has 0 bridgehead atoms. The maximum atomic E-state index is 11.5. The van der Waals surface area contributed by atoms with Crippen molar-refractivity contribution in [3.05, 3.63) is 28.2 Å². The summed E-state index contributed by atoms with van der Waals surface area (Å²) in [4.78, 5) is 24.1. The van der Waals surface area contributed by atoms with Gasteiger partial charge in [0.05, 0.1) is 17.8 Å². The SMILES string of the molecule is CN(C)CC(=O)Nc1cc(C(=O)O)ccc1Br. The third-order valence-corrected chi connectivity index (χ3v) is 2.64. The van der Waals surface area contributed by atoms with Gasteiger partial charge >= 0.3 is 5.97 Å². The number of halogens is 1. The van der Waals surface area contributed by atoms with Crippen LogP contribution in [0.4, 0.5) is 5.69 Å². The van der Waals surface area contributed by atoms with Gasteiger partial charge in [-0.1, -0.05) is 0 Å². The number of anilines is 1. The van der Waals surface area contributed by atoms with Gasteiger partial charge in [-0.2, -0.15) is 0 Å². The largest absolute Gasteiger partial charge is 0.478 e. The summed E-state index contributed by atoms with van der Waals surface area (Å²) in [6.45, 7) is 0.240. The molecule has 17 heavy (non-hydrogen) atoms. The highest BCUT2D eigenvalue weighted by molar-refractivity contribution is 9.10. The van der Waals surface area contributed by atoms with Gasteiger partial charge in [-0.3, -0.25) is 4.79 Å². The van der Waals surface area contributed by atoms with E-state index in [-0.39, 0.29) is 18.0 Å². The number of rotatable bonds is 4. The van der Waals surface area contributed by atoms with Crippen molar-refractivity contribution in [2.24, 2.45) is 0 Å². The summed E-state index contributed by atoms with van der Waals surface area (Å²) in [5.41, 5.74) is 0.588. The van der Waals surface area contributed by atoms with Crippen LogP contribution in [0.2, 0.25) is 0 Å². The molecule has 0 saturated heterocycles. The van der Waals surface area contributed by atoms with Crippen molar-refractivity contribution in [3.8, 4) is 0 Å². The molecule has 0 aliphatic rings. The molecule has 0 aliphatic carbocycles. The molecule has 2 N–H and O–H groups in total. The molecule has 0 saturated carbocycles. The first-order valence-electron chi connectivity index (χ1n) is 4.87. The summed E-state index contributed by atoms with van der Waals surface area (Å²) in [5, 5.41) is 11.5. The number of carbonyl (C=O) groups is 2. The van der Waals surface area contributed by atoms with E-state index in [4.69, 9.17) is 5.11 Å². The molecule has 1 rings (SSSR count). The fourth-order valence-corrected chi connectivity index (χ4v) is 1.58. The second-order valence-electron chi connectivity index (χ2n) is 3.79. The quantitative estimate of drug-likeness (QED) is 0.887. The van der Waals surface area contributed by atoms with E-state index in [1.54, 1.807) is 25.1 Å². The molecule has 5 nitrogen and oxygen atoms in total. The number of nitrogens with zero attached hydrogens (tertiary/aromatic N) is 1. The number of likely N-dealkylation sites (N-methyl/N-ethyl adjacent to an activating group) is 1. The Morgan fingerprint density at radius 1 is 1.41 bits per heavy atom. The average molecular weight is 301 g/mol. The van der Waals surface area contributed by atoms with Crippen LogP contribution in [-0.2, 0) is 4.79 Å². The van der Waals surface area contributed by atoms with Gasteiger partial charge in [-0.05, 0) is 48.2 Å². The summed E-state index contributed by atoms with van der Waals surface area (Å²) in [6.07, 6.45) is 0. The Hall–Kier alpha value is -1.40. The number of carboxylic acids is 1. The van der Waals surface area contributed by atoms with E-state index in [9.17, 15) is 9.59 Å². The van der Waals surface area contributed by atoms with Crippen molar-refractivity contribution in [3.63, 3.8) is 0 Å². The first-order chi connectivity index (χ1) is 7.90. The first kappa shape index (κ1) is 13.7. The monoisotopic (exact) mass is 300 g/mol. The van der Waals surface area contributed by atoms with Gasteiger partial charge in [0, 0.05) is 4.47 Å². The highest BCUT2D eigenvalue weighted by Crippen LogP contribution is 2.23. The third kappa shape index (κ3) is 4.16. The van der Waals surface area contributed by atoms with Crippen LogP contribution in [-0.4, -0.2) is 42.5 Å². The van der Waals surface area contributed by atoms with Gasteiger partial charge in [-0.15, -0.1) is 0 Å². The van der Waals surface area contributed by atoms with Crippen LogP contribution in [0, 0.1) is 0 Å². The number of carboxylic acid groups (broad SMARTS) is 1. The smallest absolute Gasteiger partial charge is 0.335 e. The van der Waals surface area contributed by atoms with Gasteiger partial charge in [0.25, 0.3) is 0 Å². The summed E-state index contributed by atoms with van der Waals surface area (Å²) < 4.78 is 0.648. The normalized spacial score (nSPS) is 10.4. The van der Waals surface area contributed by atoms with Crippen LogP contribution in [0.15, 0.2) is 22.7 Å². The minimum Gasteiger partial charge on any atom is -0.478 e. The highest BCUT2D eigenvalue weighted by Gasteiger charge is 2.10. The number of hydrogen-bond donors (Lipinski definition) is 2. The molecular formula is C11H13BrN2O3. The van der Waals surface area contributed by atoms with Crippen molar-refractivity contribution in [2.45, 2.75) is 0 Å². The lowest BCUT2D eigenvalue weighted by Gasteiger charge is -2.11. The zero-order valence-electron chi connectivity index (χ0n) is 9.53. The van der Waals surface area contributed by atoms with Gasteiger partial charge < -0.3 is 15.3 Å². The molecule has 0 unspecified atom stereocenters. The van der Waals surface area contributed by atoms with Crippen LogP contribution in [0.3, 0.4) is 0 Å². The molecule has 0 aliphatic heterocycles. The van der Waals surface area contributed by atoms with Crippen molar-refractivity contribution in [1.82, 2.24) is 4.90 Å². The van der Waals surface area contributed by atoms with Crippen molar-refractivity contribution < 1.29 is 14.7 Å². The lowest BCUT2D eigenvalue weighted by atomic mass is 10.2. The third-order valence-electron chi connectivity index (χ3n) is 1.95. The Bertz CT molecular complexity index is 446. The molecule has 0 fully saturated rings. The molecule has 1 aromatic carbocycles. The van der Waals surface area contributed by atoms with Crippen LogP contribution in [0.25, 0.3) is 0 Å². The molecule has 6 heteroatoms. The average Bonchev–Trinajstić information content (AvgIpc) is 2.19. The van der Waals surface area contributed by atoms with Crippen LogP contribution in [0.1, 0.15) is 10.4 Å². The number of amides is 1. The highest BCUT2D eigenvalue weighted by atomic mass is 79.9. The van der Waals surface area contributed by atoms with E-state index in [1.807, 2.05) is 0 Å². The van der Waals surface area contributed by atoms with E-state index in [0.29, 0.717) is 10.2 Å². The molecule has 0 heterocycles. The number of hydrogen-bond acceptors (Lipinski definition) is 3. The van der Waals surface area contributed by atoms with Crippen molar-refractivity contribution >= 4 is 33.5 Å². The van der Waals surface area contributed by atoms with E-state index < -0.39 is 5.97 Å². The topological polar surface area (TPSA) is 69.6 Å². The van der Waals surface area contributed by atoms with E-state index in [0.717, 1.165) is 0 Å². The Labute approximate surface area is 108 Å². The predicted molar refractivity (Wildman–Crippen MR) is 68.3 cm³/mol. The molecule has 1 amide bonds. The number of benzene rings is 1. The van der Waals surface area contributed by atoms with Crippen molar-refractivity contribution in [1.29, 1.82) is 0 Å². The maximum absolute atomic E-state index is 11.5. The summed E-state index contributed by atoms with van der Waals surface area (Å²) >= 11 is 3.25. The van der Waals surface area contributed by atoms with Crippen LogP contribution in [0.5, 0.6) is 0 Å². The second kappa shape index (κ2) is 5.79. The minimum atomic E-state index is -1.03. The summed E-state index contributed by atoms with van der Waals surface area (Å²) in [7, 11) is 3.56. The molecular weight excluding hydrogens is 288 g/mol. The van der Waals surface area contributed by atoms with Gasteiger partial charge in [0.2, 0.25) is 5.91 Å². The van der Waals surface area contributed by atoms with Crippen molar-refractivity contribution in [2.75, 3.05) is 26.0 Å².